The molecule has 0 aliphatic carbocycles. The Bertz CT molecular complexity index is 911. The molecule has 27 heavy (non-hydrogen) atoms. The van der Waals surface area contributed by atoms with Crippen molar-refractivity contribution in [3.8, 4) is 17.6 Å². The molecule has 138 valence electrons. The zero-order valence-corrected chi connectivity index (χ0v) is 14.9. The van der Waals surface area contributed by atoms with E-state index in [1.54, 1.807) is 25.1 Å². The summed E-state index contributed by atoms with van der Waals surface area (Å²) in [5.74, 6) is -0.863. The zero-order chi connectivity index (χ0) is 19.8. The van der Waals surface area contributed by atoms with Crippen molar-refractivity contribution in [1.29, 1.82) is 5.26 Å². The third kappa shape index (κ3) is 5.09. The maximum atomic E-state index is 12.3. The quantitative estimate of drug-likeness (QED) is 0.462. The van der Waals surface area contributed by atoms with Gasteiger partial charge >= 0.3 is 5.97 Å². The van der Waals surface area contributed by atoms with Crippen molar-refractivity contribution in [3.63, 3.8) is 0 Å². The molecule has 0 aliphatic heterocycles. The SMILES string of the molecule is CCOC(=O)c1ccc(NC(=O)C(C#N)=Cc2ccc(O)c(OC)c2)cc1. The lowest BCUT2D eigenvalue weighted by molar-refractivity contribution is -0.112. The fourth-order valence-electron chi connectivity index (χ4n) is 2.20. The summed E-state index contributed by atoms with van der Waals surface area (Å²) in [6.07, 6.45) is 1.38. The fourth-order valence-corrected chi connectivity index (χ4v) is 2.20. The summed E-state index contributed by atoms with van der Waals surface area (Å²) in [6, 6.07) is 12.4. The fraction of sp³-hybridized carbons (Fsp3) is 0.150. The molecule has 0 atom stereocenters. The van der Waals surface area contributed by atoms with E-state index in [9.17, 15) is 20.0 Å². The van der Waals surface area contributed by atoms with E-state index in [0.717, 1.165) is 0 Å². The Hall–Kier alpha value is -3.79. The van der Waals surface area contributed by atoms with E-state index in [1.807, 2.05) is 6.07 Å². The molecular formula is C20H18N2O5. The van der Waals surface area contributed by atoms with Crippen molar-refractivity contribution in [2.45, 2.75) is 6.92 Å². The summed E-state index contributed by atoms with van der Waals surface area (Å²) in [7, 11) is 1.40. The first kappa shape index (κ1) is 19.5. The Morgan fingerprint density at radius 3 is 2.52 bits per heavy atom. The minimum Gasteiger partial charge on any atom is -0.504 e. The minimum atomic E-state index is -0.603. The zero-order valence-electron chi connectivity index (χ0n) is 14.9. The van der Waals surface area contributed by atoms with Gasteiger partial charge < -0.3 is 19.9 Å². The lowest BCUT2D eigenvalue weighted by atomic mass is 10.1. The number of rotatable bonds is 6. The van der Waals surface area contributed by atoms with Crippen LogP contribution in [0.2, 0.25) is 0 Å². The van der Waals surface area contributed by atoms with Gasteiger partial charge in [-0.3, -0.25) is 4.79 Å². The smallest absolute Gasteiger partial charge is 0.338 e. The van der Waals surface area contributed by atoms with Gasteiger partial charge in [0.25, 0.3) is 5.91 Å². The lowest BCUT2D eigenvalue weighted by Crippen LogP contribution is -2.13. The highest BCUT2D eigenvalue weighted by Crippen LogP contribution is 2.27. The van der Waals surface area contributed by atoms with Crippen LogP contribution in [0.15, 0.2) is 48.0 Å². The van der Waals surface area contributed by atoms with Crippen LogP contribution in [0.25, 0.3) is 6.08 Å². The highest BCUT2D eigenvalue weighted by atomic mass is 16.5. The van der Waals surface area contributed by atoms with Crippen LogP contribution in [0.3, 0.4) is 0 Å². The summed E-state index contributed by atoms with van der Waals surface area (Å²) >= 11 is 0. The highest BCUT2D eigenvalue weighted by Gasteiger charge is 2.12. The number of hydrogen-bond donors (Lipinski definition) is 2. The number of carbonyl (C=O) groups is 2. The number of hydrogen-bond acceptors (Lipinski definition) is 6. The van der Waals surface area contributed by atoms with Gasteiger partial charge in [0.05, 0.1) is 19.3 Å². The summed E-state index contributed by atoms with van der Waals surface area (Å²) < 4.78 is 9.90. The minimum absolute atomic E-state index is 0.0423. The van der Waals surface area contributed by atoms with Crippen LogP contribution in [0.4, 0.5) is 5.69 Å². The summed E-state index contributed by atoms with van der Waals surface area (Å²) in [4.78, 5) is 23.9. The number of phenolic OH excluding ortho intramolecular Hbond substituents is 1. The van der Waals surface area contributed by atoms with Crippen LogP contribution in [0, 0.1) is 11.3 Å². The number of anilines is 1. The molecule has 0 saturated heterocycles. The van der Waals surface area contributed by atoms with Gasteiger partial charge in [-0.2, -0.15) is 5.26 Å². The highest BCUT2D eigenvalue weighted by molar-refractivity contribution is 6.09. The lowest BCUT2D eigenvalue weighted by Gasteiger charge is -2.07. The van der Waals surface area contributed by atoms with E-state index in [2.05, 4.69) is 5.32 Å². The van der Waals surface area contributed by atoms with E-state index >= 15 is 0 Å². The molecule has 0 aliphatic rings. The molecule has 0 heterocycles. The molecule has 2 rings (SSSR count). The maximum absolute atomic E-state index is 12.3. The number of nitrogens with one attached hydrogen (secondary N) is 1. The van der Waals surface area contributed by atoms with Crippen LogP contribution in [0.5, 0.6) is 11.5 Å². The molecule has 0 saturated carbocycles. The molecule has 2 N–H and O–H groups in total. The molecule has 0 fully saturated rings. The number of nitriles is 1. The average molecular weight is 366 g/mol. The third-order valence-electron chi connectivity index (χ3n) is 3.53. The number of ether oxygens (including phenoxy) is 2. The van der Waals surface area contributed by atoms with Gasteiger partial charge in [-0.05, 0) is 55.0 Å². The van der Waals surface area contributed by atoms with Crippen molar-refractivity contribution in [2.24, 2.45) is 0 Å². The first-order chi connectivity index (χ1) is 13.0. The molecule has 0 radical (unpaired) electrons. The Labute approximate surface area is 156 Å². The Morgan fingerprint density at radius 1 is 1.22 bits per heavy atom. The number of methoxy groups -OCH3 is 1. The van der Waals surface area contributed by atoms with Crippen molar-refractivity contribution in [1.82, 2.24) is 0 Å². The number of amides is 1. The van der Waals surface area contributed by atoms with E-state index in [1.165, 1.54) is 37.5 Å². The Balaban J connectivity index is 2.15. The molecule has 2 aromatic carbocycles. The average Bonchev–Trinajstić information content (AvgIpc) is 2.67. The Kier molecular flexibility index (Phi) is 6.55. The van der Waals surface area contributed by atoms with Gasteiger partial charge in [-0.25, -0.2) is 4.79 Å². The van der Waals surface area contributed by atoms with E-state index in [0.29, 0.717) is 16.8 Å². The molecule has 7 heteroatoms. The normalized spacial score (nSPS) is 10.6. The van der Waals surface area contributed by atoms with Gasteiger partial charge in [0.1, 0.15) is 11.6 Å². The molecule has 1 amide bonds. The number of aromatic hydroxyl groups is 1. The van der Waals surface area contributed by atoms with Crippen molar-refractivity contribution < 1.29 is 24.2 Å². The number of nitrogens with zero attached hydrogens (tertiary/aromatic N) is 1. The first-order valence-electron chi connectivity index (χ1n) is 8.05. The van der Waals surface area contributed by atoms with E-state index < -0.39 is 11.9 Å². The Morgan fingerprint density at radius 2 is 1.93 bits per heavy atom. The van der Waals surface area contributed by atoms with Crippen molar-refractivity contribution >= 4 is 23.6 Å². The number of carbonyl (C=O) groups excluding carboxylic acids is 2. The summed E-state index contributed by atoms with van der Waals surface area (Å²) in [5, 5.41) is 21.5. The summed E-state index contributed by atoms with van der Waals surface area (Å²) in [5.41, 5.74) is 1.19. The molecule has 7 nitrogen and oxygen atoms in total. The van der Waals surface area contributed by atoms with E-state index in [4.69, 9.17) is 9.47 Å². The van der Waals surface area contributed by atoms with Crippen LogP contribution in [-0.4, -0.2) is 30.7 Å². The number of phenols is 1. The predicted molar refractivity (Wildman–Crippen MR) is 99.3 cm³/mol. The van der Waals surface area contributed by atoms with E-state index in [-0.39, 0.29) is 23.7 Å². The van der Waals surface area contributed by atoms with Crippen molar-refractivity contribution in [2.75, 3.05) is 19.0 Å². The molecule has 0 bridgehead atoms. The maximum Gasteiger partial charge on any atom is 0.338 e. The van der Waals surface area contributed by atoms with Gasteiger partial charge in [-0.15, -0.1) is 0 Å². The number of esters is 1. The van der Waals surface area contributed by atoms with Crippen LogP contribution in [0.1, 0.15) is 22.8 Å². The first-order valence-corrected chi connectivity index (χ1v) is 8.05. The standard InChI is InChI=1S/C20H18N2O5/c1-3-27-20(25)14-5-7-16(8-6-14)22-19(24)15(12-21)10-13-4-9-17(23)18(11-13)26-2/h4-11,23H,3H2,1-2H3,(H,22,24). The molecule has 2 aromatic rings. The number of benzene rings is 2. The van der Waals surface area contributed by atoms with Gasteiger partial charge in [0, 0.05) is 5.69 Å². The second-order valence-electron chi connectivity index (χ2n) is 5.35. The molecule has 0 unspecified atom stereocenters. The van der Waals surface area contributed by atoms with Crippen LogP contribution >= 0.6 is 0 Å². The molecule has 0 aromatic heterocycles. The van der Waals surface area contributed by atoms with Crippen LogP contribution < -0.4 is 10.1 Å². The summed E-state index contributed by atoms with van der Waals surface area (Å²) in [6.45, 7) is 1.99. The third-order valence-corrected chi connectivity index (χ3v) is 3.53. The predicted octanol–water partition coefficient (Wildman–Crippen LogP) is 3.12. The second-order valence-corrected chi connectivity index (χ2v) is 5.35. The van der Waals surface area contributed by atoms with Crippen LogP contribution in [-0.2, 0) is 9.53 Å². The largest absolute Gasteiger partial charge is 0.504 e. The van der Waals surface area contributed by atoms with Gasteiger partial charge in [-0.1, -0.05) is 6.07 Å². The monoisotopic (exact) mass is 366 g/mol. The molecule has 0 spiro atoms. The topological polar surface area (TPSA) is 109 Å². The second kappa shape index (κ2) is 9.06. The van der Waals surface area contributed by atoms with Gasteiger partial charge in [0.2, 0.25) is 0 Å². The molecular weight excluding hydrogens is 348 g/mol. The van der Waals surface area contributed by atoms with Gasteiger partial charge in [0.15, 0.2) is 11.5 Å². The van der Waals surface area contributed by atoms with Crippen molar-refractivity contribution in [3.05, 3.63) is 59.2 Å².